The van der Waals surface area contributed by atoms with E-state index in [0.29, 0.717) is 0 Å². The summed E-state index contributed by atoms with van der Waals surface area (Å²) in [6, 6.07) is 0. The molecular weight excluding hydrogens is 116 g/mol. The lowest BCUT2D eigenvalue weighted by Gasteiger charge is -2.01. The van der Waals surface area contributed by atoms with Crippen molar-refractivity contribution < 1.29 is 9.53 Å². The van der Waals surface area contributed by atoms with Crippen molar-refractivity contribution in [2.24, 2.45) is 0 Å². The van der Waals surface area contributed by atoms with Crippen LogP contribution in [0.3, 0.4) is 0 Å². The monoisotopic (exact) mass is 124 g/mol. The van der Waals surface area contributed by atoms with Crippen LogP contribution in [0, 0.1) is 0 Å². The fourth-order valence-corrected chi connectivity index (χ4v) is 1.46. The zero-order valence-electron chi connectivity index (χ0n) is 5.09. The molecule has 2 nitrogen and oxygen atoms in total. The molecule has 1 aliphatic carbocycles. The van der Waals surface area contributed by atoms with Crippen LogP contribution in [-0.2, 0) is 9.53 Å². The van der Waals surface area contributed by atoms with Gasteiger partial charge in [-0.3, -0.25) is 0 Å². The summed E-state index contributed by atoms with van der Waals surface area (Å²) in [5, 5.41) is 0. The Kier molecular flexibility index (Phi) is 0.891. The van der Waals surface area contributed by atoms with E-state index in [1.54, 1.807) is 6.08 Å². The number of fused-ring (bicyclic) bond motifs is 1. The van der Waals surface area contributed by atoms with E-state index < -0.39 is 0 Å². The Labute approximate surface area is 53.5 Å². The van der Waals surface area contributed by atoms with Gasteiger partial charge in [0.05, 0.1) is 0 Å². The third-order valence-corrected chi connectivity index (χ3v) is 1.91. The molecule has 2 rings (SSSR count). The highest BCUT2D eigenvalue weighted by molar-refractivity contribution is 5.86. The number of rotatable bonds is 0. The largest absolute Gasteiger partial charge is 0.455 e. The standard InChI is InChI=1S/C7H8O2/c8-7-4-5-2-1-3-6(5)9-7/h4,6H,1-3H2. The number of carbonyl (C=O) groups is 1. The molecule has 0 amide bonds. The normalized spacial score (nSPS) is 31.8. The molecule has 1 saturated carbocycles. The second-order valence-corrected chi connectivity index (χ2v) is 2.54. The summed E-state index contributed by atoms with van der Waals surface area (Å²) in [6.45, 7) is 0. The summed E-state index contributed by atoms with van der Waals surface area (Å²) >= 11 is 0. The fraction of sp³-hybridized carbons (Fsp3) is 0.571. The van der Waals surface area contributed by atoms with E-state index in [1.807, 2.05) is 0 Å². The van der Waals surface area contributed by atoms with Crippen molar-refractivity contribution in [3.63, 3.8) is 0 Å². The lowest BCUT2D eigenvalue weighted by molar-refractivity contribution is -0.138. The van der Waals surface area contributed by atoms with Gasteiger partial charge in [0.1, 0.15) is 6.10 Å². The van der Waals surface area contributed by atoms with Crippen molar-refractivity contribution in [3.05, 3.63) is 11.6 Å². The molecule has 48 valence electrons. The van der Waals surface area contributed by atoms with Crippen LogP contribution < -0.4 is 0 Å². The van der Waals surface area contributed by atoms with Crippen LogP contribution >= 0.6 is 0 Å². The Hall–Kier alpha value is -0.790. The van der Waals surface area contributed by atoms with E-state index >= 15 is 0 Å². The Morgan fingerprint density at radius 2 is 2.56 bits per heavy atom. The molecule has 0 radical (unpaired) electrons. The first-order valence-corrected chi connectivity index (χ1v) is 3.27. The molecular formula is C7H8O2. The zero-order chi connectivity index (χ0) is 6.27. The highest BCUT2D eigenvalue weighted by Crippen LogP contribution is 2.31. The number of carbonyl (C=O) groups excluding carboxylic acids is 1. The summed E-state index contributed by atoms with van der Waals surface area (Å²) in [5.41, 5.74) is 1.21. The molecule has 1 unspecified atom stereocenters. The number of ether oxygens (including phenoxy) is 1. The highest BCUT2D eigenvalue weighted by Gasteiger charge is 2.29. The Morgan fingerprint density at radius 3 is 3.33 bits per heavy atom. The maximum absolute atomic E-state index is 10.6. The summed E-state index contributed by atoms with van der Waals surface area (Å²) in [6.07, 6.45) is 5.09. The van der Waals surface area contributed by atoms with Crippen LogP contribution in [0.25, 0.3) is 0 Å². The van der Waals surface area contributed by atoms with Crippen molar-refractivity contribution in [1.82, 2.24) is 0 Å². The average molecular weight is 124 g/mol. The van der Waals surface area contributed by atoms with Gasteiger partial charge in [-0.2, -0.15) is 0 Å². The number of hydrogen-bond acceptors (Lipinski definition) is 2. The van der Waals surface area contributed by atoms with Gasteiger partial charge in [-0.1, -0.05) is 0 Å². The summed E-state index contributed by atoms with van der Waals surface area (Å²) in [7, 11) is 0. The topological polar surface area (TPSA) is 26.3 Å². The van der Waals surface area contributed by atoms with Crippen LogP contribution in [-0.4, -0.2) is 12.1 Å². The van der Waals surface area contributed by atoms with Crippen LogP contribution in [0.2, 0.25) is 0 Å². The molecule has 1 aliphatic heterocycles. The van der Waals surface area contributed by atoms with Crippen LogP contribution in [0.5, 0.6) is 0 Å². The predicted octanol–water partition coefficient (Wildman–Crippen LogP) is 1.02. The van der Waals surface area contributed by atoms with Gasteiger partial charge in [0.15, 0.2) is 0 Å². The van der Waals surface area contributed by atoms with E-state index in [1.165, 1.54) is 12.0 Å². The molecule has 0 aromatic carbocycles. The quantitative estimate of drug-likeness (QED) is 0.451. The minimum atomic E-state index is -0.144. The van der Waals surface area contributed by atoms with Crippen molar-refractivity contribution in [3.8, 4) is 0 Å². The summed E-state index contributed by atoms with van der Waals surface area (Å²) in [5.74, 6) is -0.144. The first kappa shape index (κ1) is 5.03. The highest BCUT2D eigenvalue weighted by atomic mass is 16.5. The second-order valence-electron chi connectivity index (χ2n) is 2.54. The smallest absolute Gasteiger partial charge is 0.331 e. The Morgan fingerprint density at radius 1 is 1.67 bits per heavy atom. The minimum Gasteiger partial charge on any atom is -0.455 e. The van der Waals surface area contributed by atoms with Crippen LogP contribution in [0.15, 0.2) is 11.6 Å². The molecule has 1 atom stereocenters. The van der Waals surface area contributed by atoms with Gasteiger partial charge in [-0.25, -0.2) is 4.79 Å². The summed E-state index contributed by atoms with van der Waals surface area (Å²) < 4.78 is 4.95. The molecule has 0 aromatic rings. The van der Waals surface area contributed by atoms with E-state index in [9.17, 15) is 4.79 Å². The molecule has 1 fully saturated rings. The lowest BCUT2D eigenvalue weighted by atomic mass is 10.2. The van der Waals surface area contributed by atoms with Crippen molar-refractivity contribution in [2.45, 2.75) is 25.4 Å². The zero-order valence-corrected chi connectivity index (χ0v) is 5.09. The van der Waals surface area contributed by atoms with E-state index in [4.69, 9.17) is 4.74 Å². The van der Waals surface area contributed by atoms with Gasteiger partial charge in [0.25, 0.3) is 0 Å². The molecule has 2 aliphatic rings. The average Bonchev–Trinajstić information content (AvgIpc) is 2.22. The predicted molar refractivity (Wildman–Crippen MR) is 31.8 cm³/mol. The van der Waals surface area contributed by atoms with E-state index in [0.717, 1.165) is 12.8 Å². The van der Waals surface area contributed by atoms with Gasteiger partial charge >= 0.3 is 5.97 Å². The van der Waals surface area contributed by atoms with E-state index in [-0.39, 0.29) is 12.1 Å². The van der Waals surface area contributed by atoms with Crippen molar-refractivity contribution in [1.29, 1.82) is 0 Å². The maximum Gasteiger partial charge on any atom is 0.331 e. The first-order chi connectivity index (χ1) is 4.36. The summed E-state index contributed by atoms with van der Waals surface area (Å²) in [4.78, 5) is 10.6. The van der Waals surface area contributed by atoms with Gasteiger partial charge in [-0.05, 0) is 24.8 Å². The third-order valence-electron chi connectivity index (χ3n) is 1.91. The fourth-order valence-electron chi connectivity index (χ4n) is 1.46. The number of hydrogen-bond donors (Lipinski definition) is 0. The number of esters is 1. The van der Waals surface area contributed by atoms with Gasteiger partial charge < -0.3 is 4.74 Å². The van der Waals surface area contributed by atoms with E-state index in [2.05, 4.69) is 0 Å². The molecule has 0 aromatic heterocycles. The van der Waals surface area contributed by atoms with Crippen LogP contribution in [0.4, 0.5) is 0 Å². The van der Waals surface area contributed by atoms with Crippen molar-refractivity contribution >= 4 is 5.97 Å². The second kappa shape index (κ2) is 1.59. The first-order valence-electron chi connectivity index (χ1n) is 3.27. The van der Waals surface area contributed by atoms with Crippen molar-refractivity contribution in [2.75, 3.05) is 0 Å². The third kappa shape index (κ3) is 0.661. The molecule has 0 N–H and O–H groups in total. The molecule has 0 spiro atoms. The molecule has 2 heteroatoms. The minimum absolute atomic E-state index is 0.144. The van der Waals surface area contributed by atoms with Gasteiger partial charge in [0, 0.05) is 6.08 Å². The molecule has 0 bridgehead atoms. The molecule has 9 heavy (non-hydrogen) atoms. The van der Waals surface area contributed by atoms with Gasteiger partial charge in [0.2, 0.25) is 0 Å². The van der Waals surface area contributed by atoms with Crippen LogP contribution in [0.1, 0.15) is 19.3 Å². The Balaban J connectivity index is 2.27. The lowest BCUT2D eigenvalue weighted by Crippen LogP contribution is -2.05. The molecule has 0 saturated heterocycles. The Bertz CT molecular complexity index is 181. The maximum atomic E-state index is 10.6. The SMILES string of the molecule is O=C1C=C2CCCC2O1. The molecule has 1 heterocycles. The van der Waals surface area contributed by atoms with Gasteiger partial charge in [-0.15, -0.1) is 0 Å².